The molecule has 2 heterocycles. The molecule has 0 saturated heterocycles. The second-order valence-corrected chi connectivity index (χ2v) is 5.09. The van der Waals surface area contributed by atoms with Gasteiger partial charge in [-0.25, -0.2) is 4.68 Å². The molecule has 3 rings (SSSR count). The summed E-state index contributed by atoms with van der Waals surface area (Å²) in [6.45, 7) is 4.69. The summed E-state index contributed by atoms with van der Waals surface area (Å²) in [6, 6.07) is 9.12. The first-order chi connectivity index (χ1) is 10.7. The maximum atomic E-state index is 12.4. The van der Waals surface area contributed by atoms with Crippen molar-refractivity contribution >= 4 is 16.9 Å². The van der Waals surface area contributed by atoms with E-state index in [2.05, 4.69) is 20.6 Å². The number of hydrogen-bond donors (Lipinski definition) is 1. The van der Waals surface area contributed by atoms with Crippen molar-refractivity contribution in [3.05, 3.63) is 53.9 Å². The summed E-state index contributed by atoms with van der Waals surface area (Å²) < 4.78 is 1.80. The highest BCUT2D eigenvalue weighted by Gasteiger charge is 2.13. The first-order valence-electron chi connectivity index (χ1n) is 7.23. The second kappa shape index (κ2) is 5.93. The molecule has 0 spiro atoms. The van der Waals surface area contributed by atoms with E-state index < -0.39 is 0 Å². The number of hydrogen-bond acceptors (Lipinski definition) is 4. The number of amides is 1. The van der Waals surface area contributed by atoms with Gasteiger partial charge in [-0.2, -0.15) is 0 Å². The minimum absolute atomic E-state index is 0.108. The summed E-state index contributed by atoms with van der Waals surface area (Å²) in [6.07, 6.45) is 3.46. The van der Waals surface area contributed by atoms with Gasteiger partial charge in [0.25, 0.3) is 5.91 Å². The summed E-state index contributed by atoms with van der Waals surface area (Å²) in [4.78, 5) is 16.4. The summed E-state index contributed by atoms with van der Waals surface area (Å²) in [7, 11) is 0. The number of carbonyl (C=O) groups is 1. The Balaban J connectivity index is 1.80. The largest absolute Gasteiger partial charge is 0.345 e. The molecule has 6 nitrogen and oxygen atoms in total. The van der Waals surface area contributed by atoms with Gasteiger partial charge in [0, 0.05) is 24.5 Å². The summed E-state index contributed by atoms with van der Waals surface area (Å²) in [5, 5.41) is 11.1. The summed E-state index contributed by atoms with van der Waals surface area (Å²) in [5.74, 6) is -0.135. The standard InChI is InChI=1S/C16H17N5O/c1-3-21-15-7-6-12(9-14(15)19-20-21)16(22)18-11(2)13-5-4-8-17-10-13/h4-11H,3H2,1-2H3,(H,18,22). The van der Waals surface area contributed by atoms with E-state index in [1.54, 1.807) is 29.2 Å². The first-order valence-corrected chi connectivity index (χ1v) is 7.23. The van der Waals surface area contributed by atoms with E-state index in [9.17, 15) is 4.79 Å². The number of nitrogens with one attached hydrogen (secondary N) is 1. The number of nitrogens with zero attached hydrogens (tertiary/aromatic N) is 4. The highest BCUT2D eigenvalue weighted by Crippen LogP contribution is 2.15. The molecular weight excluding hydrogens is 278 g/mol. The van der Waals surface area contributed by atoms with Crippen LogP contribution >= 0.6 is 0 Å². The number of benzene rings is 1. The van der Waals surface area contributed by atoms with E-state index in [0.29, 0.717) is 5.56 Å². The van der Waals surface area contributed by atoms with Gasteiger partial charge < -0.3 is 5.32 Å². The van der Waals surface area contributed by atoms with Gasteiger partial charge in [0.1, 0.15) is 5.52 Å². The van der Waals surface area contributed by atoms with Crippen molar-refractivity contribution in [3.63, 3.8) is 0 Å². The molecule has 2 aromatic heterocycles. The van der Waals surface area contributed by atoms with Crippen molar-refractivity contribution in [1.29, 1.82) is 0 Å². The Morgan fingerprint density at radius 1 is 1.36 bits per heavy atom. The van der Waals surface area contributed by atoms with Crippen molar-refractivity contribution in [2.75, 3.05) is 0 Å². The normalized spacial score (nSPS) is 12.3. The Labute approximate surface area is 128 Å². The Hall–Kier alpha value is -2.76. The van der Waals surface area contributed by atoms with E-state index in [1.807, 2.05) is 32.0 Å². The molecule has 112 valence electrons. The Morgan fingerprint density at radius 2 is 2.23 bits per heavy atom. The van der Waals surface area contributed by atoms with Crippen LogP contribution in [0.15, 0.2) is 42.7 Å². The molecule has 0 bridgehead atoms. The summed E-state index contributed by atoms with van der Waals surface area (Å²) >= 11 is 0. The SMILES string of the molecule is CCn1nnc2cc(C(=O)NC(C)c3cccnc3)ccc21. The predicted molar refractivity (Wildman–Crippen MR) is 83.3 cm³/mol. The lowest BCUT2D eigenvalue weighted by molar-refractivity contribution is 0.0940. The number of rotatable bonds is 4. The molecular formula is C16H17N5O. The van der Waals surface area contributed by atoms with Crippen molar-refractivity contribution in [2.45, 2.75) is 26.4 Å². The molecule has 0 radical (unpaired) electrons. The lowest BCUT2D eigenvalue weighted by Crippen LogP contribution is -2.26. The molecule has 0 saturated carbocycles. The van der Waals surface area contributed by atoms with Crippen LogP contribution in [0.2, 0.25) is 0 Å². The Bertz CT molecular complexity index is 797. The van der Waals surface area contributed by atoms with Gasteiger partial charge in [-0.1, -0.05) is 11.3 Å². The molecule has 1 aromatic carbocycles. The molecule has 0 aliphatic heterocycles. The van der Waals surface area contributed by atoms with Crippen LogP contribution in [0.25, 0.3) is 11.0 Å². The number of aromatic nitrogens is 4. The monoisotopic (exact) mass is 295 g/mol. The van der Waals surface area contributed by atoms with E-state index in [0.717, 1.165) is 23.1 Å². The fraction of sp³-hybridized carbons (Fsp3) is 0.250. The van der Waals surface area contributed by atoms with Gasteiger partial charge in [-0.05, 0) is 43.7 Å². The van der Waals surface area contributed by atoms with Crippen LogP contribution in [0, 0.1) is 0 Å². The number of fused-ring (bicyclic) bond motifs is 1. The minimum atomic E-state index is -0.135. The third kappa shape index (κ3) is 2.67. The van der Waals surface area contributed by atoms with Gasteiger partial charge in [0.2, 0.25) is 0 Å². The van der Waals surface area contributed by atoms with Crippen LogP contribution < -0.4 is 5.32 Å². The minimum Gasteiger partial charge on any atom is -0.345 e. The lowest BCUT2D eigenvalue weighted by atomic mass is 10.1. The molecule has 22 heavy (non-hydrogen) atoms. The topological polar surface area (TPSA) is 72.7 Å². The van der Waals surface area contributed by atoms with Gasteiger partial charge in [-0.15, -0.1) is 5.10 Å². The Morgan fingerprint density at radius 3 is 2.95 bits per heavy atom. The zero-order valence-electron chi connectivity index (χ0n) is 12.5. The third-order valence-corrected chi connectivity index (χ3v) is 3.61. The average Bonchev–Trinajstić information content (AvgIpc) is 2.97. The molecule has 1 unspecified atom stereocenters. The van der Waals surface area contributed by atoms with Gasteiger partial charge in [0.15, 0.2) is 0 Å². The smallest absolute Gasteiger partial charge is 0.251 e. The van der Waals surface area contributed by atoms with Gasteiger partial charge >= 0.3 is 0 Å². The highest BCUT2D eigenvalue weighted by molar-refractivity contribution is 5.97. The van der Waals surface area contributed by atoms with Crippen molar-refractivity contribution < 1.29 is 4.79 Å². The predicted octanol–water partition coefficient (Wildman–Crippen LogP) is 2.34. The molecule has 0 aliphatic carbocycles. The van der Waals surface area contributed by atoms with Crippen LogP contribution in [-0.4, -0.2) is 25.9 Å². The van der Waals surface area contributed by atoms with Crippen LogP contribution in [0.3, 0.4) is 0 Å². The second-order valence-electron chi connectivity index (χ2n) is 5.09. The lowest BCUT2D eigenvalue weighted by Gasteiger charge is -2.13. The third-order valence-electron chi connectivity index (χ3n) is 3.61. The van der Waals surface area contributed by atoms with E-state index in [1.165, 1.54) is 0 Å². The molecule has 0 fully saturated rings. The van der Waals surface area contributed by atoms with Crippen LogP contribution in [0.1, 0.15) is 35.8 Å². The average molecular weight is 295 g/mol. The zero-order chi connectivity index (χ0) is 15.5. The molecule has 1 amide bonds. The van der Waals surface area contributed by atoms with E-state index in [4.69, 9.17) is 0 Å². The molecule has 1 atom stereocenters. The zero-order valence-corrected chi connectivity index (χ0v) is 12.5. The molecule has 6 heteroatoms. The van der Waals surface area contributed by atoms with Crippen molar-refractivity contribution in [3.8, 4) is 0 Å². The molecule has 3 aromatic rings. The van der Waals surface area contributed by atoms with Crippen molar-refractivity contribution in [2.24, 2.45) is 0 Å². The van der Waals surface area contributed by atoms with Gasteiger partial charge in [-0.3, -0.25) is 9.78 Å². The maximum absolute atomic E-state index is 12.4. The maximum Gasteiger partial charge on any atom is 0.251 e. The highest BCUT2D eigenvalue weighted by atomic mass is 16.1. The first kappa shape index (κ1) is 14.2. The van der Waals surface area contributed by atoms with E-state index in [-0.39, 0.29) is 11.9 Å². The fourth-order valence-electron chi connectivity index (χ4n) is 2.34. The van der Waals surface area contributed by atoms with Crippen LogP contribution in [0.5, 0.6) is 0 Å². The number of aryl methyl sites for hydroxylation is 1. The van der Waals surface area contributed by atoms with Crippen LogP contribution in [0.4, 0.5) is 0 Å². The number of carbonyl (C=O) groups excluding carboxylic acids is 1. The molecule has 0 aliphatic rings. The summed E-state index contributed by atoms with van der Waals surface area (Å²) in [5.41, 5.74) is 3.20. The number of pyridine rings is 1. The van der Waals surface area contributed by atoms with Crippen LogP contribution in [-0.2, 0) is 6.54 Å². The Kier molecular flexibility index (Phi) is 3.82. The van der Waals surface area contributed by atoms with Crippen molar-refractivity contribution in [1.82, 2.24) is 25.3 Å². The van der Waals surface area contributed by atoms with Gasteiger partial charge in [0.05, 0.1) is 11.6 Å². The quantitative estimate of drug-likeness (QED) is 0.802. The fourth-order valence-corrected chi connectivity index (χ4v) is 2.34. The molecule has 1 N–H and O–H groups in total. The van der Waals surface area contributed by atoms with E-state index >= 15 is 0 Å².